The molecular formula is C13H23NO4. The van der Waals surface area contributed by atoms with Gasteiger partial charge in [0.1, 0.15) is 11.7 Å². The number of piperidine rings is 1. The number of carbonyl (C=O) groups excluding carboxylic acids is 1. The van der Waals surface area contributed by atoms with E-state index in [-0.39, 0.29) is 18.3 Å². The summed E-state index contributed by atoms with van der Waals surface area (Å²) in [4.78, 5) is 13.7. The minimum Gasteiger partial charge on any atom is -0.444 e. The van der Waals surface area contributed by atoms with E-state index >= 15 is 0 Å². The van der Waals surface area contributed by atoms with Gasteiger partial charge in [-0.05, 0) is 33.6 Å². The third-order valence-corrected chi connectivity index (χ3v) is 2.95. The molecule has 1 amide bonds. The van der Waals surface area contributed by atoms with Crippen molar-refractivity contribution < 1.29 is 19.0 Å². The van der Waals surface area contributed by atoms with Crippen LogP contribution in [0.15, 0.2) is 0 Å². The van der Waals surface area contributed by atoms with E-state index in [4.69, 9.17) is 14.2 Å². The summed E-state index contributed by atoms with van der Waals surface area (Å²) < 4.78 is 16.2. The maximum atomic E-state index is 11.9. The monoisotopic (exact) mass is 257 g/mol. The molecule has 2 aliphatic rings. The molecule has 5 nitrogen and oxygen atoms in total. The fraction of sp³-hybridized carbons (Fsp3) is 0.923. The average Bonchev–Trinajstić information content (AvgIpc) is 3.08. The van der Waals surface area contributed by atoms with Gasteiger partial charge in [-0.2, -0.15) is 0 Å². The van der Waals surface area contributed by atoms with E-state index in [2.05, 4.69) is 0 Å². The minimum absolute atomic E-state index is 0.121. The largest absolute Gasteiger partial charge is 0.444 e. The number of ether oxygens (including phenoxy) is 3. The summed E-state index contributed by atoms with van der Waals surface area (Å²) in [7, 11) is 0. The van der Waals surface area contributed by atoms with Crippen LogP contribution in [0.4, 0.5) is 4.79 Å². The molecule has 5 heteroatoms. The molecule has 104 valence electrons. The molecule has 2 atom stereocenters. The van der Waals surface area contributed by atoms with Gasteiger partial charge in [0.2, 0.25) is 0 Å². The summed E-state index contributed by atoms with van der Waals surface area (Å²) in [5, 5.41) is 0. The van der Waals surface area contributed by atoms with Crippen molar-refractivity contribution in [1.82, 2.24) is 4.90 Å². The van der Waals surface area contributed by atoms with E-state index in [9.17, 15) is 4.79 Å². The maximum absolute atomic E-state index is 11.9. The molecule has 2 fully saturated rings. The van der Waals surface area contributed by atoms with E-state index in [0.29, 0.717) is 13.2 Å². The van der Waals surface area contributed by atoms with Gasteiger partial charge in [-0.15, -0.1) is 0 Å². The summed E-state index contributed by atoms with van der Waals surface area (Å²) in [5.41, 5.74) is -0.438. The van der Waals surface area contributed by atoms with Crippen molar-refractivity contribution in [2.45, 2.75) is 51.4 Å². The van der Waals surface area contributed by atoms with Crippen LogP contribution in [0.3, 0.4) is 0 Å². The Morgan fingerprint density at radius 3 is 2.78 bits per heavy atom. The van der Waals surface area contributed by atoms with Gasteiger partial charge in [-0.1, -0.05) is 0 Å². The molecule has 0 bridgehead atoms. The Bertz CT molecular complexity index is 296. The highest BCUT2D eigenvalue weighted by atomic mass is 16.6. The highest BCUT2D eigenvalue weighted by Gasteiger charge is 2.30. The zero-order chi connectivity index (χ0) is 13.2. The molecular weight excluding hydrogens is 234 g/mol. The molecule has 18 heavy (non-hydrogen) atoms. The van der Waals surface area contributed by atoms with E-state index < -0.39 is 5.60 Å². The van der Waals surface area contributed by atoms with E-state index in [0.717, 1.165) is 26.0 Å². The Balaban J connectivity index is 1.76. The first-order valence-electron chi connectivity index (χ1n) is 6.65. The van der Waals surface area contributed by atoms with E-state index in [1.807, 2.05) is 20.8 Å². The van der Waals surface area contributed by atoms with E-state index in [1.54, 1.807) is 4.90 Å². The van der Waals surface area contributed by atoms with E-state index in [1.165, 1.54) is 0 Å². The van der Waals surface area contributed by atoms with Crippen molar-refractivity contribution in [3.05, 3.63) is 0 Å². The topological polar surface area (TPSA) is 51.3 Å². The van der Waals surface area contributed by atoms with Crippen molar-refractivity contribution in [2.24, 2.45) is 0 Å². The van der Waals surface area contributed by atoms with Crippen LogP contribution in [0.2, 0.25) is 0 Å². The molecule has 2 heterocycles. The van der Waals surface area contributed by atoms with Crippen LogP contribution in [-0.4, -0.2) is 55.1 Å². The number of hydrogen-bond acceptors (Lipinski definition) is 4. The molecule has 0 N–H and O–H groups in total. The van der Waals surface area contributed by atoms with Gasteiger partial charge in [0.15, 0.2) is 0 Å². The first-order valence-corrected chi connectivity index (χ1v) is 6.65. The SMILES string of the molecule is CC(C)(C)OC(=O)N1CCC[C@H](OC[C@@H]2CO2)C1. The first kappa shape index (κ1) is 13.6. The molecule has 0 spiro atoms. The quantitative estimate of drug-likeness (QED) is 0.723. The third-order valence-electron chi connectivity index (χ3n) is 2.95. The summed E-state index contributed by atoms with van der Waals surface area (Å²) in [6.45, 7) is 8.49. The Hall–Kier alpha value is -0.810. The van der Waals surface area contributed by atoms with Crippen molar-refractivity contribution in [2.75, 3.05) is 26.3 Å². The fourth-order valence-corrected chi connectivity index (χ4v) is 1.97. The van der Waals surface area contributed by atoms with Crippen LogP contribution in [0.25, 0.3) is 0 Å². The average molecular weight is 257 g/mol. The number of nitrogens with zero attached hydrogens (tertiary/aromatic N) is 1. The number of rotatable bonds is 3. The van der Waals surface area contributed by atoms with Crippen LogP contribution >= 0.6 is 0 Å². The lowest BCUT2D eigenvalue weighted by Crippen LogP contribution is -2.45. The van der Waals surface area contributed by atoms with Crippen LogP contribution in [-0.2, 0) is 14.2 Å². The van der Waals surface area contributed by atoms with Crippen LogP contribution < -0.4 is 0 Å². The van der Waals surface area contributed by atoms with Crippen molar-refractivity contribution >= 4 is 6.09 Å². The second-order valence-electron chi connectivity index (χ2n) is 5.98. The molecule has 0 saturated carbocycles. The second kappa shape index (κ2) is 5.45. The van der Waals surface area contributed by atoms with Crippen molar-refractivity contribution in [3.8, 4) is 0 Å². The zero-order valence-electron chi connectivity index (χ0n) is 11.5. The summed E-state index contributed by atoms with van der Waals surface area (Å²) in [5.74, 6) is 0. The Morgan fingerprint density at radius 1 is 1.44 bits per heavy atom. The Kier molecular flexibility index (Phi) is 4.12. The highest BCUT2D eigenvalue weighted by molar-refractivity contribution is 5.68. The maximum Gasteiger partial charge on any atom is 0.410 e. The number of amides is 1. The normalized spacial score (nSPS) is 28.1. The molecule has 2 rings (SSSR count). The number of hydrogen-bond donors (Lipinski definition) is 0. The van der Waals surface area contributed by atoms with Crippen molar-refractivity contribution in [3.63, 3.8) is 0 Å². The van der Waals surface area contributed by atoms with Gasteiger partial charge >= 0.3 is 6.09 Å². The molecule has 0 aromatic heterocycles. The predicted octanol–water partition coefficient (Wildman–Crippen LogP) is 1.80. The lowest BCUT2D eigenvalue weighted by molar-refractivity contribution is -0.0234. The van der Waals surface area contributed by atoms with Gasteiger partial charge in [-0.25, -0.2) is 4.79 Å². The van der Waals surface area contributed by atoms with Crippen LogP contribution in [0, 0.1) is 0 Å². The third kappa shape index (κ3) is 4.46. The Morgan fingerprint density at radius 2 is 2.17 bits per heavy atom. The fourth-order valence-electron chi connectivity index (χ4n) is 1.97. The van der Waals surface area contributed by atoms with Gasteiger partial charge in [0.25, 0.3) is 0 Å². The van der Waals surface area contributed by atoms with Gasteiger partial charge in [0.05, 0.1) is 25.9 Å². The number of likely N-dealkylation sites (tertiary alicyclic amines) is 1. The molecule has 0 aromatic rings. The van der Waals surface area contributed by atoms with Crippen LogP contribution in [0.1, 0.15) is 33.6 Å². The van der Waals surface area contributed by atoms with Gasteiger partial charge in [0, 0.05) is 6.54 Å². The van der Waals surface area contributed by atoms with Crippen LogP contribution in [0.5, 0.6) is 0 Å². The lowest BCUT2D eigenvalue weighted by atomic mass is 10.1. The van der Waals surface area contributed by atoms with Crippen molar-refractivity contribution in [1.29, 1.82) is 0 Å². The number of carbonyl (C=O) groups is 1. The van der Waals surface area contributed by atoms with Gasteiger partial charge < -0.3 is 19.1 Å². The second-order valence-corrected chi connectivity index (χ2v) is 5.98. The first-order chi connectivity index (χ1) is 8.44. The molecule has 0 unspecified atom stereocenters. The molecule has 0 aromatic carbocycles. The molecule has 0 radical (unpaired) electrons. The smallest absolute Gasteiger partial charge is 0.410 e. The highest BCUT2D eigenvalue weighted by Crippen LogP contribution is 2.18. The molecule has 0 aliphatic carbocycles. The Labute approximate surface area is 108 Å². The summed E-state index contributed by atoms with van der Waals surface area (Å²) in [6.07, 6.45) is 2.14. The number of epoxide rings is 1. The minimum atomic E-state index is -0.438. The predicted molar refractivity (Wildman–Crippen MR) is 66.5 cm³/mol. The standard InChI is InChI=1S/C13H23NO4/c1-13(2,3)18-12(15)14-6-4-5-10(7-14)16-8-11-9-17-11/h10-11H,4-9H2,1-3H3/t10-,11+/m0/s1. The lowest BCUT2D eigenvalue weighted by Gasteiger charge is -2.33. The van der Waals surface area contributed by atoms with Gasteiger partial charge in [-0.3, -0.25) is 0 Å². The molecule has 2 saturated heterocycles. The zero-order valence-corrected chi connectivity index (χ0v) is 11.5. The summed E-state index contributed by atoms with van der Waals surface area (Å²) in [6, 6.07) is 0. The molecule has 2 aliphatic heterocycles. The summed E-state index contributed by atoms with van der Waals surface area (Å²) >= 11 is 0.